The van der Waals surface area contributed by atoms with Gasteiger partial charge in [0.15, 0.2) is 0 Å². The molecule has 0 bridgehead atoms. The van der Waals surface area contributed by atoms with E-state index in [0.717, 1.165) is 11.3 Å². The SMILES string of the molecule is CCCC(=O)N1CCC(NC(=O)CN2C(=O)c3ccccc3C2=O)CC1. The Morgan fingerprint density at radius 1 is 1.08 bits per heavy atom. The summed E-state index contributed by atoms with van der Waals surface area (Å²) in [5.41, 5.74) is 0.682. The van der Waals surface area contributed by atoms with Crippen molar-refractivity contribution in [3.05, 3.63) is 35.4 Å². The minimum absolute atomic E-state index is 0.0386. The molecule has 2 aliphatic heterocycles. The lowest BCUT2D eigenvalue weighted by molar-refractivity contribution is -0.132. The highest BCUT2D eigenvalue weighted by molar-refractivity contribution is 6.22. The lowest BCUT2D eigenvalue weighted by Gasteiger charge is -2.32. The van der Waals surface area contributed by atoms with Gasteiger partial charge in [-0.3, -0.25) is 24.1 Å². The van der Waals surface area contributed by atoms with Gasteiger partial charge in [0.2, 0.25) is 11.8 Å². The molecule has 0 saturated carbocycles. The Morgan fingerprint density at radius 2 is 1.65 bits per heavy atom. The fourth-order valence-electron chi connectivity index (χ4n) is 3.44. The first-order valence-electron chi connectivity index (χ1n) is 9.03. The number of hydrogen-bond donors (Lipinski definition) is 1. The summed E-state index contributed by atoms with van der Waals surface area (Å²) in [5, 5.41) is 2.88. The van der Waals surface area contributed by atoms with Crippen LogP contribution in [0, 0.1) is 0 Å². The molecule has 0 radical (unpaired) electrons. The minimum Gasteiger partial charge on any atom is -0.352 e. The molecular weight excluding hydrogens is 334 g/mol. The Hall–Kier alpha value is -2.70. The summed E-state index contributed by atoms with van der Waals surface area (Å²) < 4.78 is 0. The van der Waals surface area contributed by atoms with Crippen LogP contribution >= 0.6 is 0 Å². The van der Waals surface area contributed by atoms with Gasteiger partial charge in [0, 0.05) is 25.6 Å². The second-order valence-corrected chi connectivity index (χ2v) is 6.71. The van der Waals surface area contributed by atoms with Crippen LogP contribution in [0.1, 0.15) is 53.3 Å². The fourth-order valence-corrected chi connectivity index (χ4v) is 3.44. The Morgan fingerprint density at radius 3 is 2.19 bits per heavy atom. The van der Waals surface area contributed by atoms with E-state index in [1.807, 2.05) is 11.8 Å². The van der Waals surface area contributed by atoms with Gasteiger partial charge in [-0.25, -0.2) is 0 Å². The summed E-state index contributed by atoms with van der Waals surface area (Å²) >= 11 is 0. The predicted octanol–water partition coefficient (Wildman–Crippen LogP) is 1.19. The van der Waals surface area contributed by atoms with E-state index in [9.17, 15) is 19.2 Å². The number of likely N-dealkylation sites (tertiary alicyclic amines) is 1. The van der Waals surface area contributed by atoms with E-state index in [1.165, 1.54) is 0 Å². The quantitative estimate of drug-likeness (QED) is 0.802. The van der Waals surface area contributed by atoms with Gasteiger partial charge in [-0.1, -0.05) is 19.1 Å². The number of rotatable bonds is 5. The van der Waals surface area contributed by atoms with Gasteiger partial charge in [-0.2, -0.15) is 0 Å². The monoisotopic (exact) mass is 357 g/mol. The third-order valence-electron chi connectivity index (χ3n) is 4.86. The summed E-state index contributed by atoms with van der Waals surface area (Å²) in [4.78, 5) is 51.6. The normalized spacial score (nSPS) is 17.4. The molecule has 4 amide bonds. The average molecular weight is 357 g/mol. The van der Waals surface area contributed by atoms with Gasteiger partial charge >= 0.3 is 0 Å². The smallest absolute Gasteiger partial charge is 0.262 e. The second kappa shape index (κ2) is 7.68. The van der Waals surface area contributed by atoms with Crippen LogP contribution in [-0.2, 0) is 9.59 Å². The first-order valence-corrected chi connectivity index (χ1v) is 9.03. The molecule has 1 N–H and O–H groups in total. The molecular formula is C19H23N3O4. The van der Waals surface area contributed by atoms with Crippen molar-refractivity contribution in [1.82, 2.24) is 15.1 Å². The number of imide groups is 1. The van der Waals surface area contributed by atoms with Crippen LogP contribution < -0.4 is 5.32 Å². The Balaban J connectivity index is 1.51. The summed E-state index contributed by atoms with van der Waals surface area (Å²) in [5.74, 6) is -1.05. The van der Waals surface area contributed by atoms with E-state index >= 15 is 0 Å². The highest BCUT2D eigenvalue weighted by Gasteiger charge is 2.36. The molecule has 0 atom stereocenters. The zero-order valence-corrected chi connectivity index (χ0v) is 14.9. The van der Waals surface area contributed by atoms with Crippen LogP contribution in [0.15, 0.2) is 24.3 Å². The summed E-state index contributed by atoms with van der Waals surface area (Å²) in [7, 11) is 0. The Labute approximate surface area is 152 Å². The molecule has 1 saturated heterocycles. The molecule has 1 aromatic carbocycles. The molecule has 2 heterocycles. The van der Waals surface area contributed by atoms with Crippen LogP contribution in [0.3, 0.4) is 0 Å². The maximum atomic E-state index is 12.3. The van der Waals surface area contributed by atoms with Crippen LogP contribution in [-0.4, -0.2) is 59.1 Å². The predicted molar refractivity (Wildman–Crippen MR) is 94.5 cm³/mol. The van der Waals surface area contributed by atoms with Gasteiger partial charge < -0.3 is 10.2 Å². The van der Waals surface area contributed by atoms with Crippen molar-refractivity contribution in [3.8, 4) is 0 Å². The summed E-state index contributed by atoms with van der Waals surface area (Å²) in [6.07, 6.45) is 2.75. The molecule has 3 rings (SSSR count). The van der Waals surface area contributed by atoms with Crippen molar-refractivity contribution < 1.29 is 19.2 Å². The topological polar surface area (TPSA) is 86.8 Å². The second-order valence-electron chi connectivity index (χ2n) is 6.71. The van der Waals surface area contributed by atoms with Crippen molar-refractivity contribution in [2.45, 2.75) is 38.6 Å². The minimum atomic E-state index is -0.430. The summed E-state index contributed by atoms with van der Waals surface area (Å²) in [6, 6.07) is 6.54. The number of carbonyl (C=O) groups excluding carboxylic acids is 4. The standard InChI is InChI=1S/C19H23N3O4/c1-2-5-17(24)21-10-8-13(9-11-21)20-16(23)12-22-18(25)14-6-3-4-7-15(14)19(22)26/h3-4,6-7,13H,2,5,8-12H2,1H3,(H,20,23). The summed E-state index contributed by atoms with van der Waals surface area (Å²) in [6.45, 7) is 2.94. The number of benzene rings is 1. The molecule has 1 fully saturated rings. The third-order valence-corrected chi connectivity index (χ3v) is 4.86. The largest absolute Gasteiger partial charge is 0.352 e. The highest BCUT2D eigenvalue weighted by atomic mass is 16.2. The van der Waals surface area contributed by atoms with Crippen LogP contribution in [0.5, 0.6) is 0 Å². The van der Waals surface area contributed by atoms with E-state index in [4.69, 9.17) is 0 Å². The van der Waals surface area contributed by atoms with Crippen LogP contribution in [0.2, 0.25) is 0 Å². The Bertz CT molecular complexity index is 703. The molecule has 2 aliphatic rings. The maximum absolute atomic E-state index is 12.3. The van der Waals surface area contributed by atoms with E-state index in [-0.39, 0.29) is 24.4 Å². The fraction of sp³-hybridized carbons (Fsp3) is 0.474. The van der Waals surface area contributed by atoms with Crippen molar-refractivity contribution in [2.24, 2.45) is 0 Å². The molecule has 0 aromatic heterocycles. The van der Waals surface area contributed by atoms with Gasteiger partial charge in [-0.15, -0.1) is 0 Å². The van der Waals surface area contributed by atoms with Crippen molar-refractivity contribution >= 4 is 23.6 Å². The number of hydrogen-bond acceptors (Lipinski definition) is 4. The van der Waals surface area contributed by atoms with Crippen molar-refractivity contribution in [3.63, 3.8) is 0 Å². The van der Waals surface area contributed by atoms with Gasteiger partial charge in [0.25, 0.3) is 11.8 Å². The zero-order chi connectivity index (χ0) is 18.7. The first-order chi connectivity index (χ1) is 12.5. The van der Waals surface area contributed by atoms with Crippen LogP contribution in [0.25, 0.3) is 0 Å². The lowest BCUT2D eigenvalue weighted by Crippen LogP contribution is -2.49. The van der Waals surface area contributed by atoms with Gasteiger partial charge in [0.1, 0.15) is 6.54 Å². The zero-order valence-electron chi connectivity index (χ0n) is 14.9. The number of nitrogens with zero attached hydrogens (tertiary/aromatic N) is 2. The van der Waals surface area contributed by atoms with E-state index in [2.05, 4.69) is 5.32 Å². The molecule has 138 valence electrons. The lowest BCUT2D eigenvalue weighted by atomic mass is 10.0. The number of nitrogens with one attached hydrogen (secondary N) is 1. The molecule has 1 aromatic rings. The Kier molecular flexibility index (Phi) is 5.35. The molecule has 7 heteroatoms. The average Bonchev–Trinajstić information content (AvgIpc) is 2.88. The molecule has 0 spiro atoms. The number of amides is 4. The maximum Gasteiger partial charge on any atom is 0.262 e. The van der Waals surface area contributed by atoms with E-state index in [0.29, 0.717) is 43.5 Å². The number of carbonyl (C=O) groups is 4. The third kappa shape index (κ3) is 3.61. The number of piperidine rings is 1. The highest BCUT2D eigenvalue weighted by Crippen LogP contribution is 2.22. The first kappa shape index (κ1) is 18.1. The molecule has 0 unspecified atom stereocenters. The number of fused-ring (bicyclic) bond motifs is 1. The van der Waals surface area contributed by atoms with Gasteiger partial charge in [-0.05, 0) is 31.4 Å². The van der Waals surface area contributed by atoms with Crippen LogP contribution in [0.4, 0.5) is 0 Å². The van der Waals surface area contributed by atoms with E-state index < -0.39 is 11.8 Å². The van der Waals surface area contributed by atoms with Crippen molar-refractivity contribution in [2.75, 3.05) is 19.6 Å². The molecule has 0 aliphatic carbocycles. The van der Waals surface area contributed by atoms with Crippen molar-refractivity contribution in [1.29, 1.82) is 0 Å². The van der Waals surface area contributed by atoms with E-state index in [1.54, 1.807) is 24.3 Å². The molecule has 26 heavy (non-hydrogen) atoms. The molecule has 7 nitrogen and oxygen atoms in total. The van der Waals surface area contributed by atoms with Gasteiger partial charge in [0.05, 0.1) is 11.1 Å².